The summed E-state index contributed by atoms with van der Waals surface area (Å²) in [7, 11) is 0. The second-order valence-corrected chi connectivity index (χ2v) is 12.1. The van der Waals surface area contributed by atoms with E-state index in [1.54, 1.807) is 16.4 Å². The van der Waals surface area contributed by atoms with Crippen molar-refractivity contribution in [3.8, 4) is 16.8 Å². The van der Waals surface area contributed by atoms with Crippen molar-refractivity contribution >= 4 is 17.7 Å². The summed E-state index contributed by atoms with van der Waals surface area (Å²) in [4.78, 5) is 11.4. The summed E-state index contributed by atoms with van der Waals surface area (Å²) in [5.41, 5.74) is 6.77. The van der Waals surface area contributed by atoms with Crippen LogP contribution in [-0.2, 0) is 27.4 Å². The number of aliphatic hydroxyl groups is 1. The number of carbonyl (C=O) groups is 1. The molecule has 2 N–H and O–H groups in total. The molecule has 2 heterocycles. The number of benzene rings is 4. The maximum Gasteiger partial charge on any atom is 0.217 e. The van der Waals surface area contributed by atoms with Gasteiger partial charge in [0.05, 0.1) is 24.5 Å². The van der Waals surface area contributed by atoms with Crippen LogP contribution in [0.4, 0.5) is 0 Å². The number of rotatable bonds is 10. The molecule has 1 saturated heterocycles. The largest absolute Gasteiger partial charge is 0.392 e. The molecule has 0 aliphatic carbocycles. The van der Waals surface area contributed by atoms with Crippen LogP contribution >= 0.6 is 11.8 Å². The van der Waals surface area contributed by atoms with Crippen LogP contribution < -0.4 is 5.32 Å². The zero-order valence-corrected chi connectivity index (χ0v) is 25.9. The first-order valence-corrected chi connectivity index (χ1v) is 15.9. The van der Waals surface area contributed by atoms with E-state index in [1.165, 1.54) is 6.92 Å². The van der Waals surface area contributed by atoms with Crippen molar-refractivity contribution in [3.05, 3.63) is 125 Å². The summed E-state index contributed by atoms with van der Waals surface area (Å²) in [5, 5.41) is 25.5. The maximum atomic E-state index is 11.4. The van der Waals surface area contributed by atoms with Crippen molar-refractivity contribution in [2.75, 3.05) is 5.75 Å². The molecule has 1 aliphatic heterocycles. The van der Waals surface area contributed by atoms with E-state index in [-0.39, 0.29) is 30.6 Å². The molecule has 4 aromatic carbocycles. The topological polar surface area (TPSA) is 111 Å². The number of para-hydroxylation sites is 1. The molecular formula is C35H35N5O4S. The quantitative estimate of drug-likeness (QED) is 0.182. The molecule has 230 valence electrons. The van der Waals surface area contributed by atoms with Gasteiger partial charge in [-0.1, -0.05) is 97.5 Å². The number of carbonyl (C=O) groups excluding carboxylic acids is 1. The average molecular weight is 622 g/mol. The van der Waals surface area contributed by atoms with Gasteiger partial charge in [-0.2, -0.15) is 4.68 Å². The normalized spacial score (nSPS) is 19.7. The van der Waals surface area contributed by atoms with E-state index in [0.717, 1.165) is 39.1 Å². The zero-order valence-electron chi connectivity index (χ0n) is 25.1. The molecule has 1 amide bonds. The van der Waals surface area contributed by atoms with Gasteiger partial charge in [0.15, 0.2) is 6.29 Å². The van der Waals surface area contributed by atoms with E-state index in [1.807, 2.05) is 78.9 Å². The van der Waals surface area contributed by atoms with E-state index < -0.39 is 6.29 Å². The molecular weight excluding hydrogens is 586 g/mol. The van der Waals surface area contributed by atoms with E-state index >= 15 is 0 Å². The standard InChI is InChI=1S/C35H35N5O4S/c1-23-32(22-45-35-37-38-39-40(35)31-12-4-3-5-13-31)43-34(44-33(23)27-16-14-25(21-41)15-17-27)30-11-7-10-29(19-30)28-9-6-8-26(18-28)20-36-24(2)42/h3-19,23,32-34,41H,20-22H2,1-2H3,(H,36,42)/t23-,32+,33+,34+/m0/s1. The molecule has 1 fully saturated rings. The first-order valence-electron chi connectivity index (χ1n) is 14.9. The van der Waals surface area contributed by atoms with Crippen molar-refractivity contribution in [1.29, 1.82) is 0 Å². The number of ether oxygens (including phenoxy) is 2. The molecule has 10 heteroatoms. The van der Waals surface area contributed by atoms with Crippen LogP contribution in [0.3, 0.4) is 0 Å². The van der Waals surface area contributed by atoms with Gasteiger partial charge in [-0.05, 0) is 62.5 Å². The van der Waals surface area contributed by atoms with Gasteiger partial charge in [-0.3, -0.25) is 4.79 Å². The molecule has 0 unspecified atom stereocenters. The third-order valence-electron chi connectivity index (χ3n) is 7.90. The molecule has 1 aromatic heterocycles. The van der Waals surface area contributed by atoms with E-state index in [9.17, 15) is 9.90 Å². The second kappa shape index (κ2) is 14.2. The zero-order chi connectivity index (χ0) is 31.2. The maximum absolute atomic E-state index is 11.4. The SMILES string of the molecule is CC(=O)NCc1cccc(-c2cccc([C@@H]3O[C@H](CSc4nnnn4-c4ccccc4)[C@H](C)[C@H](c4ccc(CO)cc4)O3)c2)c1. The highest BCUT2D eigenvalue weighted by Crippen LogP contribution is 2.43. The van der Waals surface area contributed by atoms with E-state index in [4.69, 9.17) is 9.47 Å². The van der Waals surface area contributed by atoms with Gasteiger partial charge in [0.1, 0.15) is 0 Å². The van der Waals surface area contributed by atoms with Crippen LogP contribution in [-0.4, -0.2) is 43.1 Å². The number of nitrogens with one attached hydrogen (secondary N) is 1. The summed E-state index contributed by atoms with van der Waals surface area (Å²) >= 11 is 1.55. The van der Waals surface area contributed by atoms with Crippen LogP contribution in [0, 0.1) is 5.92 Å². The van der Waals surface area contributed by atoms with Crippen molar-refractivity contribution in [2.45, 2.75) is 50.7 Å². The number of aliphatic hydroxyl groups excluding tert-OH is 1. The minimum Gasteiger partial charge on any atom is -0.392 e. The fourth-order valence-electron chi connectivity index (χ4n) is 5.42. The van der Waals surface area contributed by atoms with Crippen LogP contribution in [0.25, 0.3) is 16.8 Å². The van der Waals surface area contributed by atoms with Gasteiger partial charge in [-0.15, -0.1) is 5.10 Å². The highest BCUT2D eigenvalue weighted by molar-refractivity contribution is 7.99. The molecule has 4 atom stereocenters. The molecule has 45 heavy (non-hydrogen) atoms. The van der Waals surface area contributed by atoms with Crippen LogP contribution in [0.15, 0.2) is 108 Å². The second-order valence-electron chi connectivity index (χ2n) is 11.1. The molecule has 5 aromatic rings. The Morgan fingerprint density at radius 3 is 2.40 bits per heavy atom. The van der Waals surface area contributed by atoms with Gasteiger partial charge >= 0.3 is 0 Å². The minimum atomic E-state index is -0.609. The Morgan fingerprint density at radius 1 is 0.889 bits per heavy atom. The van der Waals surface area contributed by atoms with Crippen molar-refractivity contribution < 1.29 is 19.4 Å². The highest BCUT2D eigenvalue weighted by Gasteiger charge is 2.38. The predicted octanol–water partition coefficient (Wildman–Crippen LogP) is 6.04. The Hall–Kier alpha value is -4.35. The van der Waals surface area contributed by atoms with E-state index in [0.29, 0.717) is 17.5 Å². The van der Waals surface area contributed by atoms with Crippen LogP contribution in [0.2, 0.25) is 0 Å². The number of amides is 1. The number of aromatic nitrogens is 4. The van der Waals surface area contributed by atoms with Gasteiger partial charge < -0.3 is 19.9 Å². The summed E-state index contributed by atoms with van der Waals surface area (Å²) in [6, 6.07) is 34.1. The van der Waals surface area contributed by atoms with Crippen molar-refractivity contribution in [1.82, 2.24) is 25.5 Å². The Balaban J connectivity index is 1.27. The molecule has 0 bridgehead atoms. The molecule has 6 rings (SSSR count). The smallest absolute Gasteiger partial charge is 0.217 e. The minimum absolute atomic E-state index is 0.0126. The fourth-order valence-corrected chi connectivity index (χ4v) is 6.47. The lowest BCUT2D eigenvalue weighted by Gasteiger charge is -2.41. The molecule has 0 saturated carbocycles. The Morgan fingerprint density at radius 2 is 1.64 bits per heavy atom. The fraction of sp³-hybridized carbons (Fsp3) is 0.257. The number of hydrogen-bond donors (Lipinski definition) is 2. The first-order chi connectivity index (χ1) is 22.0. The predicted molar refractivity (Wildman–Crippen MR) is 172 cm³/mol. The Bertz CT molecular complexity index is 1730. The molecule has 1 aliphatic rings. The van der Waals surface area contributed by atoms with Crippen molar-refractivity contribution in [3.63, 3.8) is 0 Å². The Labute approximate surface area is 266 Å². The average Bonchev–Trinajstić information content (AvgIpc) is 3.56. The number of hydrogen-bond acceptors (Lipinski definition) is 8. The van der Waals surface area contributed by atoms with Gasteiger partial charge in [-0.25, -0.2) is 0 Å². The van der Waals surface area contributed by atoms with Gasteiger partial charge in [0, 0.05) is 30.7 Å². The lowest BCUT2D eigenvalue weighted by Crippen LogP contribution is -2.38. The monoisotopic (exact) mass is 621 g/mol. The number of nitrogens with zero attached hydrogens (tertiary/aromatic N) is 4. The third kappa shape index (κ3) is 7.32. The van der Waals surface area contributed by atoms with E-state index in [2.05, 4.69) is 52.0 Å². The lowest BCUT2D eigenvalue weighted by atomic mass is 9.91. The van der Waals surface area contributed by atoms with Gasteiger partial charge in [0.25, 0.3) is 0 Å². The summed E-state index contributed by atoms with van der Waals surface area (Å²) < 4.78 is 15.1. The molecule has 0 spiro atoms. The molecule has 9 nitrogen and oxygen atoms in total. The van der Waals surface area contributed by atoms with Crippen LogP contribution in [0.5, 0.6) is 0 Å². The number of thioether (sulfide) groups is 1. The summed E-state index contributed by atoms with van der Waals surface area (Å²) in [6.45, 7) is 4.12. The lowest BCUT2D eigenvalue weighted by molar-refractivity contribution is -0.268. The summed E-state index contributed by atoms with van der Waals surface area (Å²) in [6.07, 6.45) is -1.03. The van der Waals surface area contributed by atoms with Crippen molar-refractivity contribution in [2.24, 2.45) is 5.92 Å². The first kappa shape index (κ1) is 30.7. The van der Waals surface area contributed by atoms with Gasteiger partial charge in [0.2, 0.25) is 11.1 Å². The van der Waals surface area contributed by atoms with Crippen LogP contribution in [0.1, 0.15) is 48.5 Å². The highest BCUT2D eigenvalue weighted by atomic mass is 32.2. The number of tetrazole rings is 1. The molecule has 0 radical (unpaired) electrons. The Kier molecular flexibility index (Phi) is 9.66. The summed E-state index contributed by atoms with van der Waals surface area (Å²) in [5.74, 6) is 0.570. The third-order valence-corrected chi connectivity index (χ3v) is 8.91.